The Balaban J connectivity index is 2.52. The summed E-state index contributed by atoms with van der Waals surface area (Å²) < 4.78 is 5.39. The first-order valence-corrected chi connectivity index (χ1v) is 4.81. The number of hydrogen-bond donors (Lipinski definition) is 2. The summed E-state index contributed by atoms with van der Waals surface area (Å²) in [6, 6.07) is 6.94. The highest BCUT2D eigenvalue weighted by atomic mass is 16.5. The van der Waals surface area contributed by atoms with Crippen LogP contribution in [0.1, 0.15) is 18.4 Å². The van der Waals surface area contributed by atoms with Crippen LogP contribution >= 0.6 is 0 Å². The van der Waals surface area contributed by atoms with Gasteiger partial charge >= 0.3 is 0 Å². The highest BCUT2D eigenvalue weighted by Crippen LogP contribution is 2.22. The van der Waals surface area contributed by atoms with Crippen molar-refractivity contribution in [2.75, 3.05) is 18.9 Å². The van der Waals surface area contributed by atoms with Gasteiger partial charge in [-0.05, 0) is 31.0 Å². The third-order valence-electron chi connectivity index (χ3n) is 1.95. The van der Waals surface area contributed by atoms with Gasteiger partial charge in [0, 0.05) is 6.61 Å². The second-order valence-corrected chi connectivity index (χ2v) is 3.14. The SMILES string of the molecule is N#Cc1ccc(OCCCCO)c(N)c1. The Morgan fingerprint density at radius 1 is 1.40 bits per heavy atom. The van der Waals surface area contributed by atoms with E-state index in [4.69, 9.17) is 20.8 Å². The van der Waals surface area contributed by atoms with Crippen molar-refractivity contribution in [2.24, 2.45) is 0 Å². The Bertz CT molecular complexity index is 358. The number of hydrogen-bond acceptors (Lipinski definition) is 4. The van der Waals surface area contributed by atoms with Gasteiger partial charge in [-0.3, -0.25) is 0 Å². The van der Waals surface area contributed by atoms with Gasteiger partial charge in [-0.2, -0.15) is 5.26 Å². The van der Waals surface area contributed by atoms with Crippen LogP contribution in [0.5, 0.6) is 5.75 Å². The molecule has 1 aromatic rings. The lowest BCUT2D eigenvalue weighted by Gasteiger charge is -2.08. The van der Waals surface area contributed by atoms with E-state index in [1.807, 2.05) is 6.07 Å². The van der Waals surface area contributed by atoms with Crippen LogP contribution in [0.2, 0.25) is 0 Å². The first-order valence-electron chi connectivity index (χ1n) is 4.81. The van der Waals surface area contributed by atoms with E-state index >= 15 is 0 Å². The molecule has 0 bridgehead atoms. The smallest absolute Gasteiger partial charge is 0.142 e. The Morgan fingerprint density at radius 2 is 2.20 bits per heavy atom. The first-order chi connectivity index (χ1) is 7.27. The van der Waals surface area contributed by atoms with E-state index in [0.717, 1.165) is 12.8 Å². The molecule has 0 radical (unpaired) electrons. The number of nitrogens with two attached hydrogens (primary N) is 1. The Hall–Kier alpha value is -1.73. The molecule has 4 nitrogen and oxygen atoms in total. The van der Waals surface area contributed by atoms with Crippen molar-refractivity contribution < 1.29 is 9.84 Å². The number of nitriles is 1. The second-order valence-electron chi connectivity index (χ2n) is 3.14. The Labute approximate surface area is 88.9 Å². The number of aliphatic hydroxyl groups excluding tert-OH is 1. The highest BCUT2D eigenvalue weighted by Gasteiger charge is 2.01. The van der Waals surface area contributed by atoms with Gasteiger partial charge in [-0.1, -0.05) is 0 Å². The van der Waals surface area contributed by atoms with Gasteiger partial charge < -0.3 is 15.6 Å². The van der Waals surface area contributed by atoms with E-state index in [2.05, 4.69) is 0 Å². The zero-order chi connectivity index (χ0) is 11.1. The van der Waals surface area contributed by atoms with E-state index in [1.165, 1.54) is 0 Å². The fraction of sp³-hybridized carbons (Fsp3) is 0.364. The van der Waals surface area contributed by atoms with E-state index < -0.39 is 0 Å². The van der Waals surface area contributed by atoms with Gasteiger partial charge in [0.05, 0.1) is 23.9 Å². The van der Waals surface area contributed by atoms with Crippen LogP contribution in [-0.4, -0.2) is 18.3 Å². The number of rotatable bonds is 5. The fourth-order valence-electron chi connectivity index (χ4n) is 1.15. The van der Waals surface area contributed by atoms with Crippen LogP contribution in [0, 0.1) is 11.3 Å². The topological polar surface area (TPSA) is 79.3 Å². The van der Waals surface area contributed by atoms with Crippen molar-refractivity contribution in [1.29, 1.82) is 5.26 Å². The average molecular weight is 206 g/mol. The van der Waals surface area contributed by atoms with E-state index in [0.29, 0.717) is 23.6 Å². The monoisotopic (exact) mass is 206 g/mol. The summed E-state index contributed by atoms with van der Waals surface area (Å²) in [5, 5.41) is 17.2. The molecule has 0 aromatic heterocycles. The van der Waals surface area contributed by atoms with Crippen LogP contribution in [0.25, 0.3) is 0 Å². The molecule has 80 valence electrons. The molecule has 15 heavy (non-hydrogen) atoms. The maximum atomic E-state index is 8.62. The van der Waals surface area contributed by atoms with Gasteiger partial charge in [0.15, 0.2) is 0 Å². The van der Waals surface area contributed by atoms with Crippen molar-refractivity contribution in [1.82, 2.24) is 0 Å². The number of aliphatic hydroxyl groups is 1. The summed E-state index contributed by atoms with van der Waals surface area (Å²) in [5.74, 6) is 0.590. The molecule has 0 aliphatic carbocycles. The summed E-state index contributed by atoms with van der Waals surface area (Å²) in [4.78, 5) is 0. The van der Waals surface area contributed by atoms with Crippen molar-refractivity contribution >= 4 is 5.69 Å². The van der Waals surface area contributed by atoms with Crippen LogP contribution < -0.4 is 10.5 Å². The largest absolute Gasteiger partial charge is 0.491 e. The third-order valence-corrected chi connectivity index (χ3v) is 1.95. The first kappa shape index (κ1) is 11.3. The lowest BCUT2D eigenvalue weighted by molar-refractivity contribution is 0.253. The second kappa shape index (κ2) is 5.89. The number of nitrogens with zero attached hydrogens (tertiary/aromatic N) is 1. The van der Waals surface area contributed by atoms with Crippen molar-refractivity contribution in [2.45, 2.75) is 12.8 Å². The van der Waals surface area contributed by atoms with Gasteiger partial charge in [0.2, 0.25) is 0 Å². The molecule has 0 atom stereocenters. The van der Waals surface area contributed by atoms with Crippen molar-refractivity contribution in [3.05, 3.63) is 23.8 Å². The Morgan fingerprint density at radius 3 is 2.80 bits per heavy atom. The molecular weight excluding hydrogens is 192 g/mol. The maximum absolute atomic E-state index is 8.62. The summed E-state index contributed by atoms with van der Waals surface area (Å²) >= 11 is 0. The number of anilines is 1. The summed E-state index contributed by atoms with van der Waals surface area (Å²) in [6.45, 7) is 0.697. The summed E-state index contributed by atoms with van der Waals surface area (Å²) in [7, 11) is 0. The van der Waals surface area contributed by atoms with Crippen LogP contribution in [0.4, 0.5) is 5.69 Å². The molecule has 3 N–H and O–H groups in total. The molecule has 1 rings (SSSR count). The fourth-order valence-corrected chi connectivity index (χ4v) is 1.15. The molecule has 0 saturated heterocycles. The molecule has 0 amide bonds. The molecule has 0 aliphatic heterocycles. The van der Waals surface area contributed by atoms with Gasteiger partial charge in [-0.15, -0.1) is 0 Å². The quantitative estimate of drug-likeness (QED) is 0.562. The number of ether oxygens (including phenoxy) is 1. The van der Waals surface area contributed by atoms with Gasteiger partial charge in [-0.25, -0.2) is 0 Å². The van der Waals surface area contributed by atoms with Crippen molar-refractivity contribution in [3.63, 3.8) is 0 Å². The normalized spacial score (nSPS) is 9.60. The number of unbranched alkanes of at least 4 members (excludes halogenated alkanes) is 1. The van der Waals surface area contributed by atoms with E-state index in [9.17, 15) is 0 Å². The predicted octanol–water partition coefficient (Wildman–Crippen LogP) is 1.29. The predicted molar refractivity (Wildman–Crippen MR) is 57.4 cm³/mol. The molecule has 0 aliphatic rings. The molecular formula is C11H14N2O2. The lowest BCUT2D eigenvalue weighted by atomic mass is 10.2. The zero-order valence-electron chi connectivity index (χ0n) is 8.44. The molecule has 0 heterocycles. The minimum Gasteiger partial charge on any atom is -0.491 e. The van der Waals surface area contributed by atoms with E-state index in [-0.39, 0.29) is 6.61 Å². The molecule has 0 saturated carbocycles. The zero-order valence-corrected chi connectivity index (χ0v) is 8.44. The standard InChI is InChI=1S/C11H14N2O2/c12-8-9-3-4-11(10(13)7-9)15-6-2-1-5-14/h3-4,7,14H,1-2,5-6,13H2. The van der Waals surface area contributed by atoms with Crippen LogP contribution in [-0.2, 0) is 0 Å². The summed E-state index contributed by atoms with van der Waals surface area (Å²) in [6.07, 6.45) is 1.51. The van der Waals surface area contributed by atoms with Crippen molar-refractivity contribution in [3.8, 4) is 11.8 Å². The van der Waals surface area contributed by atoms with Crippen LogP contribution in [0.15, 0.2) is 18.2 Å². The molecule has 4 heteroatoms. The van der Waals surface area contributed by atoms with Gasteiger partial charge in [0.25, 0.3) is 0 Å². The highest BCUT2D eigenvalue weighted by molar-refractivity contribution is 5.56. The lowest BCUT2D eigenvalue weighted by Crippen LogP contribution is -2.01. The van der Waals surface area contributed by atoms with Crippen LogP contribution in [0.3, 0.4) is 0 Å². The third kappa shape index (κ3) is 3.49. The number of nitrogen functional groups attached to an aromatic ring is 1. The summed E-state index contributed by atoms with van der Waals surface area (Å²) in [5.41, 5.74) is 6.68. The molecule has 0 fully saturated rings. The average Bonchev–Trinajstić information content (AvgIpc) is 2.26. The minimum absolute atomic E-state index is 0.173. The molecule has 0 unspecified atom stereocenters. The molecule has 1 aromatic carbocycles. The Kier molecular flexibility index (Phi) is 4.45. The number of benzene rings is 1. The van der Waals surface area contributed by atoms with E-state index in [1.54, 1.807) is 18.2 Å². The molecule has 0 spiro atoms. The minimum atomic E-state index is 0.173. The van der Waals surface area contributed by atoms with Gasteiger partial charge in [0.1, 0.15) is 5.75 Å². The maximum Gasteiger partial charge on any atom is 0.142 e.